The van der Waals surface area contributed by atoms with E-state index in [-0.39, 0.29) is 24.1 Å². The predicted molar refractivity (Wildman–Crippen MR) is 59.2 cm³/mol. The molecule has 0 unspecified atom stereocenters. The normalized spacial score (nSPS) is 18.3. The van der Waals surface area contributed by atoms with Crippen LogP contribution in [0.1, 0.15) is 29.3 Å². The van der Waals surface area contributed by atoms with Gasteiger partial charge in [0.05, 0.1) is 13.0 Å². The molecule has 0 spiro atoms. The summed E-state index contributed by atoms with van der Waals surface area (Å²) < 4.78 is 4.86. The smallest absolute Gasteiger partial charge is 0.306 e. The molecule has 0 N–H and O–H groups in total. The second-order valence-corrected chi connectivity index (χ2v) is 3.93. The molecule has 1 aromatic carbocycles. The van der Waals surface area contributed by atoms with E-state index in [1.807, 2.05) is 24.3 Å². The van der Waals surface area contributed by atoms with Gasteiger partial charge in [-0.1, -0.05) is 24.3 Å². The van der Waals surface area contributed by atoms with E-state index in [1.165, 1.54) is 0 Å². The number of rotatable bonds is 3. The van der Waals surface area contributed by atoms with E-state index in [0.717, 1.165) is 11.1 Å². The number of fused-ring (bicyclic) bond motifs is 1. The molecule has 0 aliphatic heterocycles. The molecule has 1 atom stereocenters. The number of carbonyl (C=O) groups is 2. The van der Waals surface area contributed by atoms with Crippen LogP contribution in [0.4, 0.5) is 0 Å². The molecule has 0 heterocycles. The van der Waals surface area contributed by atoms with Gasteiger partial charge in [-0.15, -0.1) is 0 Å². The largest absolute Gasteiger partial charge is 0.466 e. The number of hydrogen-bond donors (Lipinski definition) is 0. The summed E-state index contributed by atoms with van der Waals surface area (Å²) in [6.07, 6.45) is 0.856. The van der Waals surface area contributed by atoms with Crippen molar-refractivity contribution < 1.29 is 14.3 Å². The predicted octanol–water partition coefficient (Wildman–Crippen LogP) is 1.99. The monoisotopic (exact) mass is 218 g/mol. The Labute approximate surface area is 94.4 Å². The lowest BCUT2D eigenvalue weighted by molar-refractivity contribution is -0.143. The average Bonchev–Trinajstić information content (AvgIpc) is 2.57. The highest BCUT2D eigenvalue weighted by molar-refractivity contribution is 6.03. The molecule has 0 aromatic heterocycles. The van der Waals surface area contributed by atoms with Crippen molar-refractivity contribution in [3.05, 3.63) is 35.4 Å². The lowest BCUT2D eigenvalue weighted by Gasteiger charge is -2.06. The fraction of sp³-hybridized carbons (Fsp3) is 0.385. The van der Waals surface area contributed by atoms with Gasteiger partial charge in [-0.3, -0.25) is 9.59 Å². The molecule has 0 bridgehead atoms. The molecule has 3 nitrogen and oxygen atoms in total. The van der Waals surface area contributed by atoms with E-state index in [0.29, 0.717) is 13.0 Å². The second kappa shape index (κ2) is 4.47. The first kappa shape index (κ1) is 10.9. The molecule has 0 saturated heterocycles. The highest BCUT2D eigenvalue weighted by Crippen LogP contribution is 2.28. The third-order valence-corrected chi connectivity index (χ3v) is 2.84. The third-order valence-electron chi connectivity index (χ3n) is 2.84. The van der Waals surface area contributed by atoms with Crippen LogP contribution in [0.2, 0.25) is 0 Å². The zero-order valence-electron chi connectivity index (χ0n) is 9.23. The number of Topliss-reactive ketones (excluding diaryl/α,β-unsaturated/α-hetero) is 1. The SMILES string of the molecule is CCOC(=O)C[C@H]1Cc2ccccc2C1=O. The van der Waals surface area contributed by atoms with Crippen molar-refractivity contribution >= 4 is 11.8 Å². The summed E-state index contributed by atoms with van der Waals surface area (Å²) in [6.45, 7) is 2.13. The minimum Gasteiger partial charge on any atom is -0.466 e. The summed E-state index contributed by atoms with van der Waals surface area (Å²) in [5.74, 6) is -0.436. The van der Waals surface area contributed by atoms with Gasteiger partial charge in [0.2, 0.25) is 0 Å². The lowest BCUT2D eigenvalue weighted by Crippen LogP contribution is -2.16. The van der Waals surface area contributed by atoms with E-state index in [2.05, 4.69) is 0 Å². The fourth-order valence-corrected chi connectivity index (χ4v) is 2.10. The van der Waals surface area contributed by atoms with Crippen LogP contribution < -0.4 is 0 Å². The molecule has 84 valence electrons. The van der Waals surface area contributed by atoms with Crippen LogP contribution in [0, 0.1) is 5.92 Å². The van der Waals surface area contributed by atoms with Gasteiger partial charge in [0.1, 0.15) is 0 Å². The fourth-order valence-electron chi connectivity index (χ4n) is 2.10. The highest BCUT2D eigenvalue weighted by Gasteiger charge is 2.31. The van der Waals surface area contributed by atoms with Crippen LogP contribution in [0.25, 0.3) is 0 Å². The number of ketones is 1. The minimum atomic E-state index is -0.284. The third kappa shape index (κ3) is 1.98. The van der Waals surface area contributed by atoms with Crippen molar-refractivity contribution in [3.8, 4) is 0 Å². The lowest BCUT2D eigenvalue weighted by atomic mass is 10.0. The first-order valence-corrected chi connectivity index (χ1v) is 5.50. The summed E-state index contributed by atoms with van der Waals surface area (Å²) in [7, 11) is 0. The average molecular weight is 218 g/mol. The van der Waals surface area contributed by atoms with Crippen LogP contribution in [0.3, 0.4) is 0 Å². The van der Waals surface area contributed by atoms with E-state index < -0.39 is 0 Å². The van der Waals surface area contributed by atoms with E-state index in [1.54, 1.807) is 6.92 Å². The maximum Gasteiger partial charge on any atom is 0.306 e. The Morgan fingerprint density at radius 1 is 1.44 bits per heavy atom. The molecule has 1 aliphatic carbocycles. The Morgan fingerprint density at radius 2 is 2.19 bits per heavy atom. The van der Waals surface area contributed by atoms with Crippen LogP contribution >= 0.6 is 0 Å². The van der Waals surface area contributed by atoms with E-state index in [4.69, 9.17) is 4.74 Å². The topological polar surface area (TPSA) is 43.4 Å². The second-order valence-electron chi connectivity index (χ2n) is 3.93. The molecule has 16 heavy (non-hydrogen) atoms. The van der Waals surface area contributed by atoms with Gasteiger partial charge < -0.3 is 4.74 Å². The van der Waals surface area contributed by atoms with Crippen molar-refractivity contribution in [3.63, 3.8) is 0 Å². The van der Waals surface area contributed by atoms with E-state index in [9.17, 15) is 9.59 Å². The number of benzene rings is 1. The Balaban J connectivity index is 2.07. The van der Waals surface area contributed by atoms with Gasteiger partial charge in [-0.2, -0.15) is 0 Å². The summed E-state index contributed by atoms with van der Waals surface area (Å²) in [6, 6.07) is 7.53. The molecule has 0 saturated carbocycles. The highest BCUT2D eigenvalue weighted by atomic mass is 16.5. The summed E-state index contributed by atoms with van der Waals surface area (Å²) in [4.78, 5) is 23.2. The molecule has 1 aromatic rings. The molecule has 2 rings (SSSR count). The molecule has 0 fully saturated rings. The molecular weight excluding hydrogens is 204 g/mol. The van der Waals surface area contributed by atoms with Crippen molar-refractivity contribution in [2.75, 3.05) is 6.61 Å². The van der Waals surface area contributed by atoms with Crippen LogP contribution in [0.15, 0.2) is 24.3 Å². The maximum absolute atomic E-state index is 11.9. The maximum atomic E-state index is 11.9. The van der Waals surface area contributed by atoms with Gasteiger partial charge >= 0.3 is 5.97 Å². The van der Waals surface area contributed by atoms with Gasteiger partial charge in [0.25, 0.3) is 0 Å². The van der Waals surface area contributed by atoms with Crippen molar-refractivity contribution in [2.45, 2.75) is 19.8 Å². The minimum absolute atomic E-state index is 0.0728. The van der Waals surface area contributed by atoms with Gasteiger partial charge in [0.15, 0.2) is 5.78 Å². The van der Waals surface area contributed by atoms with Gasteiger partial charge in [-0.25, -0.2) is 0 Å². The first-order valence-electron chi connectivity index (χ1n) is 5.50. The Bertz CT molecular complexity index is 423. The number of esters is 1. The standard InChI is InChI=1S/C13H14O3/c1-2-16-12(14)8-10-7-9-5-3-4-6-11(9)13(10)15/h3-6,10H,2,7-8H2,1H3/t10-/m1/s1. The van der Waals surface area contributed by atoms with Crippen LogP contribution in [0.5, 0.6) is 0 Å². The zero-order chi connectivity index (χ0) is 11.5. The Morgan fingerprint density at radius 3 is 2.88 bits per heavy atom. The molecular formula is C13H14O3. The van der Waals surface area contributed by atoms with Gasteiger partial charge in [-0.05, 0) is 18.9 Å². The zero-order valence-corrected chi connectivity index (χ0v) is 9.23. The van der Waals surface area contributed by atoms with Gasteiger partial charge in [0, 0.05) is 11.5 Å². The molecule has 0 radical (unpaired) electrons. The molecule has 0 amide bonds. The van der Waals surface area contributed by atoms with Crippen molar-refractivity contribution in [1.82, 2.24) is 0 Å². The summed E-state index contributed by atoms with van der Waals surface area (Å²) in [5.41, 5.74) is 1.80. The van der Waals surface area contributed by atoms with Crippen molar-refractivity contribution in [1.29, 1.82) is 0 Å². The van der Waals surface area contributed by atoms with Crippen LogP contribution in [-0.2, 0) is 16.0 Å². The number of carbonyl (C=O) groups excluding carboxylic acids is 2. The van der Waals surface area contributed by atoms with E-state index >= 15 is 0 Å². The summed E-state index contributed by atoms with van der Waals surface area (Å²) in [5, 5.41) is 0. The summed E-state index contributed by atoms with van der Waals surface area (Å²) >= 11 is 0. The Kier molecular flexibility index (Phi) is 3.04. The number of hydrogen-bond acceptors (Lipinski definition) is 3. The molecule has 3 heteroatoms. The van der Waals surface area contributed by atoms with Crippen LogP contribution in [-0.4, -0.2) is 18.4 Å². The number of ether oxygens (including phenoxy) is 1. The quantitative estimate of drug-likeness (QED) is 0.729. The first-order chi connectivity index (χ1) is 7.72. The Hall–Kier alpha value is -1.64. The molecule has 1 aliphatic rings. The van der Waals surface area contributed by atoms with Crippen molar-refractivity contribution in [2.24, 2.45) is 5.92 Å².